The van der Waals surface area contributed by atoms with Crippen molar-refractivity contribution in [2.45, 2.75) is 13.2 Å². The van der Waals surface area contributed by atoms with Crippen molar-refractivity contribution in [3.63, 3.8) is 0 Å². The quantitative estimate of drug-likeness (QED) is 0.804. The average Bonchev–Trinajstić information content (AvgIpc) is 3.24. The van der Waals surface area contributed by atoms with E-state index in [4.69, 9.17) is 4.74 Å². The number of fused-ring (bicyclic) bond motifs is 1. The molecule has 3 aromatic rings. The number of hydrogen-bond donors (Lipinski definition) is 1. The minimum absolute atomic E-state index is 0.177. The van der Waals surface area contributed by atoms with Crippen LogP contribution in [0.25, 0.3) is 5.69 Å². The SMILES string of the molecule is O=C(Nc1ccc2c(c1)COC2)c1cnn(-c2ccc(F)cc2)n1. The van der Waals surface area contributed by atoms with Gasteiger partial charge in [-0.25, -0.2) is 4.39 Å². The molecule has 24 heavy (non-hydrogen) atoms. The van der Waals surface area contributed by atoms with Crippen LogP contribution < -0.4 is 5.32 Å². The lowest BCUT2D eigenvalue weighted by Gasteiger charge is -2.05. The molecule has 0 aliphatic carbocycles. The van der Waals surface area contributed by atoms with Crippen LogP contribution in [0.1, 0.15) is 21.6 Å². The molecule has 0 atom stereocenters. The van der Waals surface area contributed by atoms with E-state index in [9.17, 15) is 9.18 Å². The number of nitrogens with zero attached hydrogens (tertiary/aromatic N) is 3. The fourth-order valence-corrected chi connectivity index (χ4v) is 2.51. The van der Waals surface area contributed by atoms with Crippen LogP contribution >= 0.6 is 0 Å². The van der Waals surface area contributed by atoms with Gasteiger partial charge in [0.25, 0.3) is 5.91 Å². The van der Waals surface area contributed by atoms with E-state index >= 15 is 0 Å². The Bertz CT molecular complexity index is 905. The third kappa shape index (κ3) is 2.77. The summed E-state index contributed by atoms with van der Waals surface area (Å²) < 4.78 is 18.3. The van der Waals surface area contributed by atoms with E-state index in [0.717, 1.165) is 11.1 Å². The van der Waals surface area contributed by atoms with Gasteiger partial charge in [0, 0.05) is 5.69 Å². The lowest BCUT2D eigenvalue weighted by atomic mass is 10.1. The van der Waals surface area contributed by atoms with Gasteiger partial charge in [-0.05, 0) is 47.5 Å². The highest BCUT2D eigenvalue weighted by molar-refractivity contribution is 6.02. The van der Waals surface area contributed by atoms with Crippen molar-refractivity contribution in [1.82, 2.24) is 15.0 Å². The zero-order valence-corrected chi connectivity index (χ0v) is 12.6. The third-order valence-electron chi connectivity index (χ3n) is 3.76. The summed E-state index contributed by atoms with van der Waals surface area (Å²) in [4.78, 5) is 13.6. The number of carbonyl (C=O) groups excluding carboxylic acids is 1. The van der Waals surface area contributed by atoms with E-state index in [1.54, 1.807) is 0 Å². The Morgan fingerprint density at radius 3 is 2.75 bits per heavy atom. The molecule has 0 radical (unpaired) electrons. The molecule has 7 heteroatoms. The molecule has 2 heterocycles. The van der Waals surface area contributed by atoms with E-state index in [1.165, 1.54) is 35.3 Å². The Kier molecular flexibility index (Phi) is 3.55. The molecule has 1 aliphatic rings. The van der Waals surface area contributed by atoms with Crippen LogP contribution in [-0.2, 0) is 18.0 Å². The lowest BCUT2D eigenvalue weighted by molar-refractivity contribution is 0.102. The predicted octanol–water partition coefficient (Wildman–Crippen LogP) is 2.69. The number of hydrogen-bond acceptors (Lipinski definition) is 4. The fourth-order valence-electron chi connectivity index (χ4n) is 2.51. The Morgan fingerprint density at radius 1 is 1.12 bits per heavy atom. The second kappa shape index (κ2) is 5.86. The summed E-state index contributed by atoms with van der Waals surface area (Å²) in [7, 11) is 0. The zero-order chi connectivity index (χ0) is 16.5. The largest absolute Gasteiger partial charge is 0.372 e. The fraction of sp³-hybridized carbons (Fsp3) is 0.118. The molecule has 1 N–H and O–H groups in total. The van der Waals surface area contributed by atoms with Crippen LogP contribution in [0, 0.1) is 5.82 Å². The van der Waals surface area contributed by atoms with Gasteiger partial charge in [-0.2, -0.15) is 9.90 Å². The monoisotopic (exact) mass is 324 g/mol. The Labute approximate surface area is 136 Å². The predicted molar refractivity (Wildman–Crippen MR) is 84.2 cm³/mol. The molecule has 2 aromatic carbocycles. The number of rotatable bonds is 3. The average molecular weight is 324 g/mol. The van der Waals surface area contributed by atoms with Gasteiger partial charge >= 0.3 is 0 Å². The van der Waals surface area contributed by atoms with Crippen LogP contribution in [0.2, 0.25) is 0 Å². The number of ether oxygens (including phenoxy) is 1. The molecule has 1 aromatic heterocycles. The molecule has 0 saturated heterocycles. The summed E-state index contributed by atoms with van der Waals surface area (Å²) in [6.45, 7) is 1.16. The molecule has 0 bridgehead atoms. The van der Waals surface area contributed by atoms with Crippen LogP contribution in [-0.4, -0.2) is 20.9 Å². The van der Waals surface area contributed by atoms with Crippen molar-refractivity contribution in [2.24, 2.45) is 0 Å². The molecule has 0 unspecified atom stereocenters. The van der Waals surface area contributed by atoms with E-state index in [0.29, 0.717) is 24.6 Å². The molecule has 0 spiro atoms. The van der Waals surface area contributed by atoms with E-state index in [1.807, 2.05) is 18.2 Å². The molecule has 6 nitrogen and oxygen atoms in total. The number of amides is 1. The normalized spacial score (nSPS) is 12.9. The lowest BCUT2D eigenvalue weighted by Crippen LogP contribution is -2.13. The summed E-state index contributed by atoms with van der Waals surface area (Å²) >= 11 is 0. The number of carbonyl (C=O) groups is 1. The zero-order valence-electron chi connectivity index (χ0n) is 12.6. The molecular weight excluding hydrogens is 311 g/mol. The molecule has 120 valence electrons. The highest BCUT2D eigenvalue weighted by Gasteiger charge is 2.15. The number of benzene rings is 2. The van der Waals surface area contributed by atoms with Crippen LogP contribution in [0.5, 0.6) is 0 Å². The third-order valence-corrected chi connectivity index (χ3v) is 3.76. The second-order valence-electron chi connectivity index (χ2n) is 5.43. The summed E-state index contributed by atoms with van der Waals surface area (Å²) in [5.74, 6) is -0.702. The van der Waals surface area contributed by atoms with Crippen molar-refractivity contribution >= 4 is 11.6 Å². The van der Waals surface area contributed by atoms with Crippen LogP contribution in [0.15, 0.2) is 48.7 Å². The number of anilines is 1. The van der Waals surface area contributed by atoms with Gasteiger partial charge in [-0.1, -0.05) is 6.07 Å². The summed E-state index contributed by atoms with van der Waals surface area (Å²) in [6, 6.07) is 11.4. The number of halogens is 1. The maximum absolute atomic E-state index is 12.9. The van der Waals surface area contributed by atoms with Gasteiger partial charge in [0.15, 0.2) is 5.69 Å². The molecule has 0 saturated carbocycles. The topological polar surface area (TPSA) is 69.0 Å². The first-order chi connectivity index (χ1) is 11.7. The molecule has 4 rings (SSSR count). The number of aromatic nitrogens is 3. The van der Waals surface area contributed by atoms with Crippen molar-refractivity contribution in [3.05, 3.63) is 71.3 Å². The van der Waals surface area contributed by atoms with Crippen molar-refractivity contribution < 1.29 is 13.9 Å². The summed E-state index contributed by atoms with van der Waals surface area (Å²) in [5, 5.41) is 11.0. The highest BCUT2D eigenvalue weighted by Crippen LogP contribution is 2.23. The molecular formula is C17H13FN4O2. The molecule has 1 amide bonds. The van der Waals surface area contributed by atoms with Crippen LogP contribution in [0.3, 0.4) is 0 Å². The first kappa shape index (κ1) is 14.5. The van der Waals surface area contributed by atoms with E-state index in [-0.39, 0.29) is 17.4 Å². The Hall–Kier alpha value is -3.06. The molecule has 0 fully saturated rings. The standard InChI is InChI=1S/C17H13FN4O2/c18-13-2-5-15(6-3-13)22-19-8-16(21-22)17(23)20-14-4-1-11-9-24-10-12(11)7-14/h1-8H,9-10H2,(H,20,23). The van der Waals surface area contributed by atoms with E-state index < -0.39 is 0 Å². The summed E-state index contributed by atoms with van der Waals surface area (Å²) in [6.07, 6.45) is 1.37. The van der Waals surface area contributed by atoms with E-state index in [2.05, 4.69) is 15.5 Å². The minimum atomic E-state index is -0.359. The van der Waals surface area contributed by atoms with Gasteiger partial charge in [-0.3, -0.25) is 4.79 Å². The van der Waals surface area contributed by atoms with Gasteiger partial charge < -0.3 is 10.1 Å². The summed E-state index contributed by atoms with van der Waals surface area (Å²) in [5.41, 5.74) is 3.64. The second-order valence-corrected chi connectivity index (χ2v) is 5.43. The van der Waals surface area contributed by atoms with Crippen molar-refractivity contribution in [1.29, 1.82) is 0 Å². The highest BCUT2D eigenvalue weighted by atomic mass is 19.1. The maximum Gasteiger partial charge on any atom is 0.277 e. The van der Waals surface area contributed by atoms with Gasteiger partial charge in [-0.15, -0.1) is 5.10 Å². The first-order valence-electron chi connectivity index (χ1n) is 7.38. The smallest absolute Gasteiger partial charge is 0.277 e. The molecule has 1 aliphatic heterocycles. The maximum atomic E-state index is 12.9. The minimum Gasteiger partial charge on any atom is -0.372 e. The van der Waals surface area contributed by atoms with Gasteiger partial charge in [0.1, 0.15) is 5.82 Å². The van der Waals surface area contributed by atoms with Crippen molar-refractivity contribution in [3.8, 4) is 5.69 Å². The Morgan fingerprint density at radius 2 is 1.92 bits per heavy atom. The van der Waals surface area contributed by atoms with Crippen molar-refractivity contribution in [2.75, 3.05) is 5.32 Å². The van der Waals surface area contributed by atoms with Gasteiger partial charge in [0.05, 0.1) is 25.1 Å². The number of nitrogens with one attached hydrogen (secondary N) is 1. The first-order valence-corrected chi connectivity index (χ1v) is 7.38. The Balaban J connectivity index is 1.52. The van der Waals surface area contributed by atoms with Crippen LogP contribution in [0.4, 0.5) is 10.1 Å². The van der Waals surface area contributed by atoms with Gasteiger partial charge in [0.2, 0.25) is 0 Å².